The molecule has 0 bridgehead atoms. The van der Waals surface area contributed by atoms with Crippen LogP contribution in [0.15, 0.2) is 24.3 Å². The molecular formula is C14H22N2O3. The number of carbonyl (C=O) groups excluding carboxylic acids is 1. The maximum absolute atomic E-state index is 11.9. The van der Waals surface area contributed by atoms with Gasteiger partial charge in [-0.05, 0) is 24.1 Å². The highest BCUT2D eigenvalue weighted by molar-refractivity contribution is 5.82. The number of carbonyl (C=O) groups is 1. The minimum atomic E-state index is -0.641. The van der Waals surface area contributed by atoms with Gasteiger partial charge in [0, 0.05) is 7.11 Å². The number of rotatable bonds is 7. The van der Waals surface area contributed by atoms with Crippen molar-refractivity contribution in [1.29, 1.82) is 0 Å². The van der Waals surface area contributed by atoms with Crippen LogP contribution in [0.25, 0.3) is 0 Å². The molecule has 5 heteroatoms. The summed E-state index contributed by atoms with van der Waals surface area (Å²) in [7, 11) is 3.14. The highest BCUT2D eigenvalue weighted by Crippen LogP contribution is 2.20. The highest BCUT2D eigenvalue weighted by atomic mass is 16.5. The number of hydrogen-bond donors (Lipinski definition) is 2. The summed E-state index contributed by atoms with van der Waals surface area (Å²) in [5.41, 5.74) is 6.73. The van der Waals surface area contributed by atoms with Crippen molar-refractivity contribution in [2.45, 2.75) is 25.4 Å². The highest BCUT2D eigenvalue weighted by Gasteiger charge is 2.18. The Morgan fingerprint density at radius 1 is 1.32 bits per heavy atom. The predicted octanol–water partition coefficient (Wildman–Crippen LogP) is 1.24. The summed E-state index contributed by atoms with van der Waals surface area (Å²) in [5, 5.41) is 2.92. The van der Waals surface area contributed by atoms with Crippen LogP contribution in [-0.2, 0) is 9.53 Å². The normalized spacial score (nSPS) is 13.7. The van der Waals surface area contributed by atoms with E-state index in [-0.39, 0.29) is 18.6 Å². The van der Waals surface area contributed by atoms with E-state index in [4.69, 9.17) is 15.2 Å². The average Bonchev–Trinajstić information content (AvgIpc) is 2.45. The molecule has 19 heavy (non-hydrogen) atoms. The van der Waals surface area contributed by atoms with E-state index in [1.54, 1.807) is 7.11 Å². The van der Waals surface area contributed by atoms with Crippen LogP contribution in [0.3, 0.4) is 0 Å². The minimum absolute atomic E-state index is 0.0543. The summed E-state index contributed by atoms with van der Waals surface area (Å²) in [4.78, 5) is 11.9. The van der Waals surface area contributed by atoms with E-state index >= 15 is 0 Å². The lowest BCUT2D eigenvalue weighted by molar-refractivity contribution is -0.124. The molecule has 1 rings (SSSR count). The van der Waals surface area contributed by atoms with E-state index in [1.807, 2.05) is 31.2 Å². The molecule has 0 saturated heterocycles. The van der Waals surface area contributed by atoms with Crippen molar-refractivity contribution in [2.24, 2.45) is 5.73 Å². The largest absolute Gasteiger partial charge is 0.497 e. The van der Waals surface area contributed by atoms with Crippen LogP contribution in [0.1, 0.15) is 24.9 Å². The van der Waals surface area contributed by atoms with Gasteiger partial charge in [0.2, 0.25) is 5.91 Å². The standard InChI is InChI=1S/C14H22N2O3/c1-4-13(16-14(17)12(15)9-18-2)10-5-7-11(19-3)8-6-10/h5-8,12-13H,4,9,15H2,1-3H3,(H,16,17). The Labute approximate surface area is 114 Å². The fraction of sp³-hybridized carbons (Fsp3) is 0.500. The molecule has 0 aliphatic carbocycles. The van der Waals surface area contributed by atoms with Crippen molar-refractivity contribution < 1.29 is 14.3 Å². The SMILES string of the molecule is CCC(NC(=O)C(N)COC)c1ccc(OC)cc1. The average molecular weight is 266 g/mol. The van der Waals surface area contributed by atoms with Crippen LogP contribution in [-0.4, -0.2) is 32.8 Å². The van der Waals surface area contributed by atoms with Gasteiger partial charge in [-0.25, -0.2) is 0 Å². The maximum Gasteiger partial charge on any atom is 0.239 e. The molecule has 1 amide bonds. The fourth-order valence-electron chi connectivity index (χ4n) is 1.79. The Morgan fingerprint density at radius 2 is 1.95 bits per heavy atom. The lowest BCUT2D eigenvalue weighted by atomic mass is 10.0. The second-order valence-electron chi connectivity index (χ2n) is 4.30. The first-order valence-electron chi connectivity index (χ1n) is 6.31. The first-order chi connectivity index (χ1) is 9.12. The summed E-state index contributed by atoms with van der Waals surface area (Å²) >= 11 is 0. The van der Waals surface area contributed by atoms with Gasteiger partial charge in [0.05, 0.1) is 19.8 Å². The monoisotopic (exact) mass is 266 g/mol. The zero-order valence-electron chi connectivity index (χ0n) is 11.7. The number of nitrogens with one attached hydrogen (secondary N) is 1. The van der Waals surface area contributed by atoms with Gasteiger partial charge in [-0.3, -0.25) is 4.79 Å². The van der Waals surface area contributed by atoms with Crippen LogP contribution in [0, 0.1) is 0 Å². The van der Waals surface area contributed by atoms with Gasteiger partial charge in [0.15, 0.2) is 0 Å². The van der Waals surface area contributed by atoms with Gasteiger partial charge in [-0.15, -0.1) is 0 Å². The van der Waals surface area contributed by atoms with Gasteiger partial charge in [-0.2, -0.15) is 0 Å². The first-order valence-corrected chi connectivity index (χ1v) is 6.31. The maximum atomic E-state index is 11.9. The Kier molecular flexibility index (Phi) is 6.32. The van der Waals surface area contributed by atoms with Gasteiger partial charge >= 0.3 is 0 Å². The molecule has 0 radical (unpaired) electrons. The summed E-state index contributed by atoms with van der Waals surface area (Å²) in [6.07, 6.45) is 0.789. The third kappa shape index (κ3) is 4.54. The van der Waals surface area contributed by atoms with E-state index in [0.717, 1.165) is 17.7 Å². The first kappa shape index (κ1) is 15.5. The molecular weight excluding hydrogens is 244 g/mol. The molecule has 0 fully saturated rings. The molecule has 2 unspecified atom stereocenters. The van der Waals surface area contributed by atoms with E-state index in [1.165, 1.54) is 7.11 Å². The van der Waals surface area contributed by atoms with E-state index in [9.17, 15) is 4.79 Å². The van der Waals surface area contributed by atoms with Crippen molar-refractivity contribution in [1.82, 2.24) is 5.32 Å². The quantitative estimate of drug-likeness (QED) is 0.778. The fourth-order valence-corrected chi connectivity index (χ4v) is 1.79. The third-order valence-corrected chi connectivity index (χ3v) is 2.93. The molecule has 2 atom stereocenters. The van der Waals surface area contributed by atoms with Gasteiger partial charge in [0.25, 0.3) is 0 Å². The smallest absolute Gasteiger partial charge is 0.239 e. The Hall–Kier alpha value is -1.59. The van der Waals surface area contributed by atoms with Gasteiger partial charge in [0.1, 0.15) is 11.8 Å². The molecule has 3 N–H and O–H groups in total. The second kappa shape index (κ2) is 7.76. The van der Waals surface area contributed by atoms with E-state index < -0.39 is 6.04 Å². The van der Waals surface area contributed by atoms with Gasteiger partial charge < -0.3 is 20.5 Å². The second-order valence-corrected chi connectivity index (χ2v) is 4.30. The molecule has 106 valence electrons. The summed E-state index contributed by atoms with van der Waals surface area (Å²) in [5.74, 6) is 0.588. The number of amides is 1. The number of benzene rings is 1. The van der Waals surface area contributed by atoms with Crippen LogP contribution in [0.4, 0.5) is 0 Å². The third-order valence-electron chi connectivity index (χ3n) is 2.93. The zero-order valence-corrected chi connectivity index (χ0v) is 11.7. The Morgan fingerprint density at radius 3 is 2.42 bits per heavy atom. The molecule has 0 saturated carbocycles. The summed E-state index contributed by atoms with van der Waals surface area (Å²) in [6, 6.07) is 6.93. The van der Waals surface area contributed by atoms with Crippen LogP contribution in [0.5, 0.6) is 5.75 Å². The number of ether oxygens (including phenoxy) is 2. The molecule has 0 aliphatic rings. The molecule has 1 aromatic carbocycles. The van der Waals surface area contributed by atoms with Crippen LogP contribution < -0.4 is 15.8 Å². The minimum Gasteiger partial charge on any atom is -0.497 e. The topological polar surface area (TPSA) is 73.6 Å². The van der Waals surface area contributed by atoms with E-state index in [0.29, 0.717) is 0 Å². The lowest BCUT2D eigenvalue weighted by Crippen LogP contribution is -2.44. The van der Waals surface area contributed by atoms with Gasteiger partial charge in [-0.1, -0.05) is 19.1 Å². The lowest BCUT2D eigenvalue weighted by Gasteiger charge is -2.20. The zero-order chi connectivity index (χ0) is 14.3. The van der Waals surface area contributed by atoms with Crippen molar-refractivity contribution in [2.75, 3.05) is 20.8 Å². The molecule has 0 aliphatic heterocycles. The number of hydrogen-bond acceptors (Lipinski definition) is 4. The molecule has 0 spiro atoms. The number of methoxy groups -OCH3 is 2. The van der Waals surface area contributed by atoms with Crippen molar-refractivity contribution >= 4 is 5.91 Å². The van der Waals surface area contributed by atoms with Crippen molar-refractivity contribution in [3.05, 3.63) is 29.8 Å². The predicted molar refractivity (Wildman–Crippen MR) is 74.0 cm³/mol. The molecule has 0 heterocycles. The van der Waals surface area contributed by atoms with Crippen LogP contribution >= 0.6 is 0 Å². The van der Waals surface area contributed by atoms with E-state index in [2.05, 4.69) is 5.32 Å². The summed E-state index contributed by atoms with van der Waals surface area (Å²) < 4.78 is 9.98. The molecule has 5 nitrogen and oxygen atoms in total. The Balaban J connectivity index is 2.69. The molecule has 1 aromatic rings. The van der Waals surface area contributed by atoms with Crippen molar-refractivity contribution in [3.8, 4) is 5.75 Å². The van der Waals surface area contributed by atoms with Crippen LogP contribution in [0.2, 0.25) is 0 Å². The molecule has 0 aromatic heterocycles. The Bertz CT molecular complexity index is 392. The van der Waals surface area contributed by atoms with Crippen molar-refractivity contribution in [3.63, 3.8) is 0 Å². The number of nitrogens with two attached hydrogens (primary N) is 1. The summed E-state index contributed by atoms with van der Waals surface area (Å²) in [6.45, 7) is 2.22.